The molecule has 0 saturated heterocycles. The van der Waals surface area contributed by atoms with E-state index in [0.717, 1.165) is 26.1 Å². The van der Waals surface area contributed by atoms with Gasteiger partial charge in [0.25, 0.3) is 0 Å². The zero-order valence-corrected chi connectivity index (χ0v) is 7.35. The lowest BCUT2D eigenvalue weighted by Crippen LogP contribution is -2.31. The molecule has 0 aromatic carbocycles. The lowest BCUT2D eigenvalue weighted by atomic mass is 10.4. The monoisotopic (exact) mass is 161 g/mol. The summed E-state index contributed by atoms with van der Waals surface area (Å²) in [5, 5.41) is 18.0. The van der Waals surface area contributed by atoms with Crippen LogP contribution in [-0.2, 0) is 0 Å². The van der Waals surface area contributed by atoms with E-state index in [4.69, 9.17) is 5.11 Å². The number of likely N-dealkylation sites (N-methyl/N-ethyl adjacent to an activating group) is 1. The predicted octanol–water partition coefficient (Wildman–Crippen LogP) is -1.28. The number of aliphatic hydroxyl groups excluding tert-OH is 1. The molecule has 4 nitrogen and oxygen atoms in total. The molecule has 0 aliphatic carbocycles. The van der Waals surface area contributed by atoms with E-state index >= 15 is 0 Å². The van der Waals surface area contributed by atoms with Gasteiger partial charge in [-0.1, -0.05) is 0 Å². The summed E-state index contributed by atoms with van der Waals surface area (Å²) in [6.07, 6.45) is 0.373. The molecule has 0 aromatic heterocycles. The molecule has 0 radical (unpaired) electrons. The summed E-state index contributed by atoms with van der Waals surface area (Å²) < 4.78 is 0. The second-order valence-electron chi connectivity index (χ2n) is 2.45. The Bertz CT molecular complexity index is 80.1. The SMILES string of the molecule is CNCCNCCC(O)NC. The highest BCUT2D eigenvalue weighted by molar-refractivity contribution is 4.53. The highest BCUT2D eigenvalue weighted by Crippen LogP contribution is 1.81. The van der Waals surface area contributed by atoms with Crippen LogP contribution in [0.3, 0.4) is 0 Å². The molecule has 0 amide bonds. The fourth-order valence-corrected chi connectivity index (χ4v) is 0.722. The molecule has 0 saturated carbocycles. The van der Waals surface area contributed by atoms with Crippen LogP contribution in [0.2, 0.25) is 0 Å². The Hall–Kier alpha value is -0.160. The predicted molar refractivity (Wildman–Crippen MR) is 46.5 cm³/mol. The molecule has 11 heavy (non-hydrogen) atoms. The van der Waals surface area contributed by atoms with Gasteiger partial charge >= 0.3 is 0 Å². The molecule has 1 atom stereocenters. The van der Waals surface area contributed by atoms with E-state index in [1.807, 2.05) is 7.05 Å². The van der Waals surface area contributed by atoms with E-state index in [9.17, 15) is 0 Å². The summed E-state index contributed by atoms with van der Waals surface area (Å²) in [6.45, 7) is 2.77. The maximum absolute atomic E-state index is 9.05. The normalized spacial score (nSPS) is 13.4. The molecule has 0 aliphatic heterocycles. The van der Waals surface area contributed by atoms with Crippen LogP contribution in [-0.4, -0.2) is 45.1 Å². The highest BCUT2D eigenvalue weighted by Gasteiger charge is 1.96. The Labute approximate surface area is 68.4 Å². The van der Waals surface area contributed by atoms with Gasteiger partial charge in [-0.15, -0.1) is 0 Å². The van der Waals surface area contributed by atoms with Gasteiger partial charge in [0, 0.05) is 13.1 Å². The van der Waals surface area contributed by atoms with Crippen LogP contribution in [0.15, 0.2) is 0 Å². The van der Waals surface area contributed by atoms with Gasteiger partial charge in [-0.2, -0.15) is 0 Å². The largest absolute Gasteiger partial charge is 0.379 e. The first-order valence-electron chi connectivity index (χ1n) is 4.02. The smallest absolute Gasteiger partial charge is 0.105 e. The number of nitrogens with one attached hydrogen (secondary N) is 3. The van der Waals surface area contributed by atoms with Crippen LogP contribution >= 0.6 is 0 Å². The summed E-state index contributed by atoms with van der Waals surface area (Å²) >= 11 is 0. The van der Waals surface area contributed by atoms with Crippen molar-refractivity contribution >= 4 is 0 Å². The summed E-state index contributed by atoms with van der Waals surface area (Å²) in [5.41, 5.74) is 0. The Morgan fingerprint density at radius 1 is 1.18 bits per heavy atom. The van der Waals surface area contributed by atoms with Crippen molar-refractivity contribution in [3.63, 3.8) is 0 Å². The minimum Gasteiger partial charge on any atom is -0.379 e. The van der Waals surface area contributed by atoms with Gasteiger partial charge in [-0.25, -0.2) is 0 Å². The summed E-state index contributed by atoms with van der Waals surface area (Å²) in [6, 6.07) is 0. The Kier molecular flexibility index (Phi) is 7.83. The molecule has 0 bridgehead atoms. The summed E-state index contributed by atoms with van der Waals surface area (Å²) in [7, 11) is 3.67. The molecule has 1 unspecified atom stereocenters. The fraction of sp³-hybridized carbons (Fsp3) is 1.00. The molecular formula is C7H19N3O. The van der Waals surface area contributed by atoms with Crippen molar-refractivity contribution in [1.29, 1.82) is 0 Å². The van der Waals surface area contributed by atoms with Crippen molar-refractivity contribution < 1.29 is 5.11 Å². The molecule has 0 heterocycles. The first-order valence-corrected chi connectivity index (χ1v) is 4.02. The van der Waals surface area contributed by atoms with E-state index in [2.05, 4.69) is 16.0 Å². The van der Waals surface area contributed by atoms with Gasteiger partial charge in [0.15, 0.2) is 0 Å². The van der Waals surface area contributed by atoms with Crippen LogP contribution in [0, 0.1) is 0 Å². The molecule has 0 spiro atoms. The number of aliphatic hydroxyl groups is 1. The highest BCUT2D eigenvalue weighted by atomic mass is 16.3. The van der Waals surface area contributed by atoms with Gasteiger partial charge < -0.3 is 15.7 Å². The van der Waals surface area contributed by atoms with Gasteiger partial charge in [0.1, 0.15) is 6.23 Å². The third-order valence-electron chi connectivity index (χ3n) is 1.48. The molecule has 0 aromatic rings. The lowest BCUT2D eigenvalue weighted by Gasteiger charge is -2.09. The molecule has 0 rings (SSSR count). The molecule has 0 aliphatic rings. The van der Waals surface area contributed by atoms with Gasteiger partial charge in [-0.05, 0) is 27.1 Å². The van der Waals surface area contributed by atoms with Gasteiger partial charge in [0.05, 0.1) is 0 Å². The first kappa shape index (κ1) is 10.8. The average Bonchev–Trinajstić information content (AvgIpc) is 2.04. The average molecular weight is 161 g/mol. The fourth-order valence-electron chi connectivity index (χ4n) is 0.722. The van der Waals surface area contributed by atoms with E-state index in [0.29, 0.717) is 0 Å². The van der Waals surface area contributed by atoms with Crippen LogP contribution in [0.4, 0.5) is 0 Å². The second-order valence-corrected chi connectivity index (χ2v) is 2.45. The Morgan fingerprint density at radius 3 is 2.45 bits per heavy atom. The van der Waals surface area contributed by atoms with Crippen LogP contribution < -0.4 is 16.0 Å². The maximum atomic E-state index is 9.05. The zero-order chi connectivity index (χ0) is 8.53. The summed E-state index contributed by atoms with van der Waals surface area (Å²) in [5.74, 6) is 0. The van der Waals surface area contributed by atoms with Crippen LogP contribution in [0.5, 0.6) is 0 Å². The molecule has 4 N–H and O–H groups in total. The number of rotatable bonds is 7. The van der Waals surface area contributed by atoms with Gasteiger partial charge in [-0.3, -0.25) is 5.32 Å². The number of hydrogen-bond acceptors (Lipinski definition) is 4. The summed E-state index contributed by atoms with van der Waals surface area (Å²) in [4.78, 5) is 0. The quantitative estimate of drug-likeness (QED) is 0.278. The van der Waals surface area contributed by atoms with E-state index in [-0.39, 0.29) is 6.23 Å². The minimum absolute atomic E-state index is 0.378. The van der Waals surface area contributed by atoms with E-state index in [1.54, 1.807) is 7.05 Å². The van der Waals surface area contributed by atoms with Crippen LogP contribution in [0.1, 0.15) is 6.42 Å². The van der Waals surface area contributed by atoms with Crippen molar-refractivity contribution in [1.82, 2.24) is 16.0 Å². The van der Waals surface area contributed by atoms with Crippen molar-refractivity contribution in [2.45, 2.75) is 12.6 Å². The molecule has 68 valence electrons. The standard InChI is InChI=1S/C7H19N3O/c1-8-5-6-10-4-3-7(11)9-2/h7-11H,3-6H2,1-2H3. The van der Waals surface area contributed by atoms with Gasteiger partial charge in [0.2, 0.25) is 0 Å². The van der Waals surface area contributed by atoms with Crippen LogP contribution in [0.25, 0.3) is 0 Å². The zero-order valence-electron chi connectivity index (χ0n) is 7.35. The molecule has 4 heteroatoms. The minimum atomic E-state index is -0.378. The van der Waals surface area contributed by atoms with Crippen molar-refractivity contribution in [2.75, 3.05) is 33.7 Å². The lowest BCUT2D eigenvalue weighted by molar-refractivity contribution is 0.137. The second kappa shape index (κ2) is 7.94. The van der Waals surface area contributed by atoms with Crippen molar-refractivity contribution in [3.8, 4) is 0 Å². The van der Waals surface area contributed by atoms with E-state index < -0.39 is 0 Å². The topological polar surface area (TPSA) is 56.3 Å². The van der Waals surface area contributed by atoms with Crippen molar-refractivity contribution in [2.24, 2.45) is 0 Å². The molecule has 0 fully saturated rings. The maximum Gasteiger partial charge on any atom is 0.105 e. The molecular weight excluding hydrogens is 142 g/mol. The van der Waals surface area contributed by atoms with E-state index in [1.165, 1.54) is 0 Å². The number of hydrogen-bond donors (Lipinski definition) is 4. The Morgan fingerprint density at radius 2 is 1.91 bits per heavy atom. The third-order valence-corrected chi connectivity index (χ3v) is 1.48. The first-order chi connectivity index (χ1) is 5.31. The Balaban J connectivity index is 2.89. The van der Waals surface area contributed by atoms with Crippen molar-refractivity contribution in [3.05, 3.63) is 0 Å². The third kappa shape index (κ3) is 7.74.